The summed E-state index contributed by atoms with van der Waals surface area (Å²) in [7, 11) is 0. The minimum atomic E-state index is -5.65. The second-order valence-corrected chi connectivity index (χ2v) is 3.53. The van der Waals surface area contributed by atoms with E-state index in [2.05, 4.69) is 0 Å². The van der Waals surface area contributed by atoms with Gasteiger partial charge in [-0.25, -0.2) is 0 Å². The van der Waals surface area contributed by atoms with Crippen molar-refractivity contribution >= 4 is 5.91 Å². The van der Waals surface area contributed by atoms with Crippen LogP contribution in [0.1, 0.15) is 6.42 Å². The number of hydrogen-bond donors (Lipinski definition) is 2. The largest absolute Gasteiger partial charge is 0.409 e. The Labute approximate surface area is 86.0 Å². The number of rotatable bonds is 2. The molecule has 2 atom stereocenters. The van der Waals surface area contributed by atoms with Gasteiger partial charge in [0.1, 0.15) is 0 Å². The van der Waals surface area contributed by atoms with Crippen molar-refractivity contribution < 1.29 is 31.1 Å². The third-order valence-electron chi connectivity index (χ3n) is 2.08. The van der Waals surface area contributed by atoms with E-state index in [1.807, 2.05) is 0 Å². The number of alkyl halides is 6. The summed E-state index contributed by atoms with van der Waals surface area (Å²) < 4.78 is 72.1. The summed E-state index contributed by atoms with van der Waals surface area (Å²) in [5, 5.41) is 1.61. The fourth-order valence-corrected chi connectivity index (χ4v) is 1.13. The van der Waals surface area contributed by atoms with E-state index in [-0.39, 0.29) is 6.42 Å². The van der Waals surface area contributed by atoms with Crippen molar-refractivity contribution in [2.45, 2.75) is 30.9 Å². The summed E-state index contributed by atoms with van der Waals surface area (Å²) in [5.41, 5.74) is 5.16. The Hall–Kier alpha value is -0.990. The highest BCUT2D eigenvalue weighted by Gasteiger charge is 2.61. The molecule has 0 aromatic heterocycles. The average Bonchev–Trinajstić information content (AvgIpc) is 2.57. The topological polar surface area (TPSA) is 55.1 Å². The van der Waals surface area contributed by atoms with E-state index >= 15 is 0 Å². The monoisotopic (exact) mass is 250 g/mol. The molecule has 0 saturated heterocycles. The van der Waals surface area contributed by atoms with E-state index in [0.29, 0.717) is 0 Å². The maximum atomic E-state index is 12.0. The van der Waals surface area contributed by atoms with Gasteiger partial charge in [0, 0.05) is 12.1 Å². The van der Waals surface area contributed by atoms with Crippen molar-refractivity contribution in [1.82, 2.24) is 5.32 Å². The molecule has 0 radical (unpaired) electrons. The van der Waals surface area contributed by atoms with Crippen molar-refractivity contribution in [2.24, 2.45) is 11.7 Å². The van der Waals surface area contributed by atoms with Gasteiger partial charge in [-0.2, -0.15) is 26.3 Å². The highest BCUT2D eigenvalue weighted by Crippen LogP contribution is 2.39. The fraction of sp³-hybridized carbons (Fsp3) is 0.857. The lowest BCUT2D eigenvalue weighted by molar-refractivity contribution is -0.274. The van der Waals surface area contributed by atoms with Crippen LogP contribution in [-0.2, 0) is 4.79 Å². The first-order valence-corrected chi connectivity index (χ1v) is 4.23. The number of halogens is 6. The zero-order valence-electron chi connectivity index (χ0n) is 7.69. The third-order valence-corrected chi connectivity index (χ3v) is 2.08. The van der Waals surface area contributed by atoms with Gasteiger partial charge in [0.2, 0.25) is 11.8 Å². The molecule has 1 fully saturated rings. The second-order valence-electron chi connectivity index (χ2n) is 3.53. The summed E-state index contributed by atoms with van der Waals surface area (Å²) in [4.78, 5) is 10.8. The highest BCUT2D eigenvalue weighted by atomic mass is 19.4. The smallest absolute Gasteiger partial charge is 0.351 e. The molecular weight excluding hydrogens is 242 g/mol. The lowest BCUT2D eigenvalue weighted by Gasteiger charge is -2.21. The number of nitrogens with one attached hydrogen (secondary N) is 1. The quantitative estimate of drug-likeness (QED) is 0.717. The number of nitrogens with two attached hydrogens (primary N) is 1. The average molecular weight is 250 g/mol. The van der Waals surface area contributed by atoms with Crippen molar-refractivity contribution in [3.05, 3.63) is 0 Å². The summed E-state index contributed by atoms with van der Waals surface area (Å²) >= 11 is 0. The standard InChI is InChI=1S/C7H8F6N2O/c8-6(9,10)4(7(11,12)13)5(16)15-3-1-2(3)14/h2-4H,1,14H2,(H,15,16). The molecule has 0 spiro atoms. The van der Waals surface area contributed by atoms with Crippen LogP contribution in [0, 0.1) is 5.92 Å². The minimum Gasteiger partial charge on any atom is -0.351 e. The first-order valence-electron chi connectivity index (χ1n) is 4.23. The molecular formula is C7H8F6N2O. The van der Waals surface area contributed by atoms with Crippen LogP contribution < -0.4 is 11.1 Å². The Balaban J connectivity index is 2.73. The molecule has 0 bridgehead atoms. The molecule has 3 nitrogen and oxygen atoms in total. The first-order chi connectivity index (χ1) is 7.03. The normalized spacial score (nSPS) is 25.8. The van der Waals surface area contributed by atoms with Gasteiger partial charge < -0.3 is 11.1 Å². The van der Waals surface area contributed by atoms with Crippen molar-refractivity contribution in [3.63, 3.8) is 0 Å². The molecule has 1 aliphatic rings. The van der Waals surface area contributed by atoms with Crippen molar-refractivity contribution in [2.75, 3.05) is 0 Å². The molecule has 1 saturated carbocycles. The Morgan fingerprint density at radius 1 is 1.19 bits per heavy atom. The van der Waals surface area contributed by atoms with Gasteiger partial charge in [-0.3, -0.25) is 4.79 Å². The van der Waals surface area contributed by atoms with E-state index in [0.717, 1.165) is 0 Å². The predicted molar refractivity (Wildman–Crippen MR) is 40.1 cm³/mol. The van der Waals surface area contributed by atoms with Crippen LogP contribution in [0.5, 0.6) is 0 Å². The van der Waals surface area contributed by atoms with Crippen molar-refractivity contribution in [1.29, 1.82) is 0 Å². The lowest BCUT2D eigenvalue weighted by Crippen LogP contribution is -2.49. The van der Waals surface area contributed by atoms with Gasteiger partial charge >= 0.3 is 12.4 Å². The van der Waals surface area contributed by atoms with Crippen LogP contribution in [0.2, 0.25) is 0 Å². The van der Waals surface area contributed by atoms with Crippen LogP contribution in [0.3, 0.4) is 0 Å². The SMILES string of the molecule is NC1CC1NC(=O)C(C(F)(F)F)C(F)(F)F. The van der Waals surface area contributed by atoms with Crippen LogP contribution in [0.15, 0.2) is 0 Å². The third kappa shape index (κ3) is 3.00. The lowest BCUT2D eigenvalue weighted by atomic mass is 10.1. The molecule has 1 amide bonds. The number of amides is 1. The molecule has 0 aromatic rings. The maximum Gasteiger partial charge on any atom is 0.409 e. The molecule has 1 aliphatic carbocycles. The zero-order chi connectivity index (χ0) is 12.7. The molecule has 16 heavy (non-hydrogen) atoms. The fourth-order valence-electron chi connectivity index (χ4n) is 1.13. The molecule has 94 valence electrons. The van der Waals surface area contributed by atoms with E-state index in [9.17, 15) is 31.1 Å². The van der Waals surface area contributed by atoms with Gasteiger partial charge in [-0.15, -0.1) is 0 Å². The maximum absolute atomic E-state index is 12.0. The Morgan fingerprint density at radius 2 is 1.56 bits per heavy atom. The van der Waals surface area contributed by atoms with Gasteiger partial charge in [0.05, 0.1) is 0 Å². The second kappa shape index (κ2) is 3.79. The molecule has 9 heteroatoms. The number of hydrogen-bond acceptors (Lipinski definition) is 2. The van der Waals surface area contributed by atoms with Crippen LogP contribution in [0.25, 0.3) is 0 Å². The minimum absolute atomic E-state index is 0.189. The van der Waals surface area contributed by atoms with Crippen molar-refractivity contribution in [3.8, 4) is 0 Å². The number of carbonyl (C=O) groups is 1. The van der Waals surface area contributed by atoms with E-state index in [4.69, 9.17) is 5.73 Å². The molecule has 3 N–H and O–H groups in total. The summed E-state index contributed by atoms with van der Waals surface area (Å²) in [5.74, 6) is -6.09. The Morgan fingerprint density at radius 3 is 1.81 bits per heavy atom. The molecule has 0 aliphatic heterocycles. The van der Waals surface area contributed by atoms with Crippen LogP contribution in [0.4, 0.5) is 26.3 Å². The Bertz CT molecular complexity index is 272. The first kappa shape index (κ1) is 13.1. The zero-order valence-corrected chi connectivity index (χ0v) is 7.69. The van der Waals surface area contributed by atoms with E-state index in [1.165, 1.54) is 0 Å². The van der Waals surface area contributed by atoms with Gasteiger partial charge in [0.15, 0.2) is 0 Å². The summed E-state index contributed by atoms with van der Waals surface area (Å²) in [6.07, 6.45) is -11.1. The highest BCUT2D eigenvalue weighted by molar-refractivity contribution is 5.81. The summed E-state index contributed by atoms with van der Waals surface area (Å²) in [6.45, 7) is 0. The molecule has 1 rings (SSSR count). The molecule has 0 heterocycles. The summed E-state index contributed by atoms with van der Waals surface area (Å²) in [6, 6.07) is -1.36. The molecule has 2 unspecified atom stereocenters. The Kier molecular flexibility index (Phi) is 3.10. The van der Waals surface area contributed by atoms with Gasteiger partial charge in [-0.1, -0.05) is 0 Å². The van der Waals surface area contributed by atoms with Gasteiger partial charge in [0.25, 0.3) is 0 Å². The van der Waals surface area contributed by atoms with E-state index < -0.39 is 36.3 Å². The predicted octanol–water partition coefficient (Wildman–Crippen LogP) is 0.943. The van der Waals surface area contributed by atoms with Gasteiger partial charge in [-0.05, 0) is 6.42 Å². The van der Waals surface area contributed by atoms with E-state index in [1.54, 1.807) is 5.32 Å². The number of carbonyl (C=O) groups excluding carboxylic acids is 1. The van der Waals surface area contributed by atoms with Crippen LogP contribution in [-0.4, -0.2) is 30.3 Å². The molecule has 0 aromatic carbocycles. The van der Waals surface area contributed by atoms with Crippen LogP contribution >= 0.6 is 0 Å².